The van der Waals surface area contributed by atoms with Crippen LogP contribution in [0.3, 0.4) is 0 Å². The highest BCUT2D eigenvalue weighted by molar-refractivity contribution is 6.30. The van der Waals surface area contributed by atoms with Crippen LogP contribution < -0.4 is 5.32 Å². The van der Waals surface area contributed by atoms with E-state index in [4.69, 9.17) is 11.6 Å². The van der Waals surface area contributed by atoms with Gasteiger partial charge in [0, 0.05) is 23.2 Å². The Balaban J connectivity index is 2.67. The fraction of sp³-hybridized carbons (Fsp3) is 0.231. The van der Waals surface area contributed by atoms with Crippen molar-refractivity contribution in [2.45, 2.75) is 13.8 Å². The highest BCUT2D eigenvalue weighted by atomic mass is 35.5. The molecule has 0 atom stereocenters. The molecule has 0 saturated heterocycles. The molecule has 5 heteroatoms. The minimum atomic E-state index is -0.384. The molecule has 0 aliphatic rings. The smallest absolute Gasteiger partial charge is 0.134 e. The molecule has 0 saturated carbocycles. The molecule has 1 aromatic heterocycles. The number of nitrogens with zero attached hydrogens (tertiary/aromatic N) is 2. The van der Waals surface area contributed by atoms with Gasteiger partial charge < -0.3 is 5.32 Å². The zero-order valence-electron chi connectivity index (χ0n) is 10.4. The summed E-state index contributed by atoms with van der Waals surface area (Å²) in [5, 5.41) is 3.35. The van der Waals surface area contributed by atoms with Crippen LogP contribution in [-0.2, 0) is 0 Å². The Kier molecular flexibility index (Phi) is 3.48. The van der Waals surface area contributed by atoms with Gasteiger partial charge in [-0.2, -0.15) is 0 Å². The second kappa shape index (κ2) is 4.90. The zero-order valence-corrected chi connectivity index (χ0v) is 11.1. The van der Waals surface area contributed by atoms with Crippen LogP contribution in [0.2, 0.25) is 5.02 Å². The van der Waals surface area contributed by atoms with Gasteiger partial charge in [0.05, 0.1) is 5.69 Å². The SMILES string of the molecule is CNc1nc(C)nc(-c2ccc(Cl)cc2F)c1C. The minimum absolute atomic E-state index is 0.369. The third-order valence-electron chi connectivity index (χ3n) is 2.68. The predicted octanol–water partition coefficient (Wildman–Crippen LogP) is 3.59. The monoisotopic (exact) mass is 265 g/mol. The number of nitrogens with one attached hydrogen (secondary N) is 1. The molecule has 1 heterocycles. The van der Waals surface area contributed by atoms with Crippen molar-refractivity contribution >= 4 is 17.4 Å². The Hall–Kier alpha value is -1.68. The summed E-state index contributed by atoms with van der Waals surface area (Å²) in [5.74, 6) is 0.909. The first kappa shape index (κ1) is 12.8. The number of hydrogen-bond donors (Lipinski definition) is 1. The maximum Gasteiger partial charge on any atom is 0.134 e. The standard InChI is InChI=1S/C13H13ClFN3/c1-7-12(17-8(2)18-13(7)16-3)10-5-4-9(14)6-11(10)15/h4-6H,1-3H3,(H,16,17,18). The van der Waals surface area contributed by atoms with E-state index in [2.05, 4.69) is 15.3 Å². The summed E-state index contributed by atoms with van der Waals surface area (Å²) in [6, 6.07) is 4.56. The van der Waals surface area contributed by atoms with Crippen LogP contribution >= 0.6 is 11.6 Å². The summed E-state index contributed by atoms with van der Waals surface area (Å²) < 4.78 is 13.9. The van der Waals surface area contributed by atoms with Crippen LogP contribution in [0.25, 0.3) is 11.3 Å². The second-order valence-electron chi connectivity index (χ2n) is 3.97. The van der Waals surface area contributed by atoms with Crippen molar-refractivity contribution in [3.05, 3.63) is 40.4 Å². The van der Waals surface area contributed by atoms with Crippen molar-refractivity contribution in [1.82, 2.24) is 9.97 Å². The van der Waals surface area contributed by atoms with Gasteiger partial charge in [-0.15, -0.1) is 0 Å². The van der Waals surface area contributed by atoms with E-state index in [0.717, 1.165) is 5.56 Å². The lowest BCUT2D eigenvalue weighted by Gasteiger charge is -2.11. The van der Waals surface area contributed by atoms with E-state index in [-0.39, 0.29) is 5.82 Å². The van der Waals surface area contributed by atoms with Gasteiger partial charge in [-0.3, -0.25) is 0 Å². The van der Waals surface area contributed by atoms with Crippen molar-refractivity contribution < 1.29 is 4.39 Å². The number of aromatic nitrogens is 2. The minimum Gasteiger partial charge on any atom is -0.373 e. The zero-order chi connectivity index (χ0) is 13.3. The fourth-order valence-electron chi connectivity index (χ4n) is 1.82. The molecular formula is C13H13ClFN3. The van der Waals surface area contributed by atoms with E-state index < -0.39 is 0 Å². The van der Waals surface area contributed by atoms with Crippen LogP contribution in [0.5, 0.6) is 0 Å². The van der Waals surface area contributed by atoms with Crippen LogP contribution in [0.4, 0.5) is 10.2 Å². The van der Waals surface area contributed by atoms with Gasteiger partial charge in [0.1, 0.15) is 17.5 Å². The Morgan fingerprint density at radius 1 is 1.22 bits per heavy atom. The van der Waals surface area contributed by atoms with Gasteiger partial charge in [-0.05, 0) is 32.0 Å². The summed E-state index contributed by atoms with van der Waals surface area (Å²) >= 11 is 5.75. The van der Waals surface area contributed by atoms with E-state index >= 15 is 0 Å². The summed E-state index contributed by atoms with van der Waals surface area (Å²) in [6.07, 6.45) is 0. The molecule has 0 fully saturated rings. The normalized spacial score (nSPS) is 10.5. The average molecular weight is 266 g/mol. The fourth-order valence-corrected chi connectivity index (χ4v) is 1.97. The van der Waals surface area contributed by atoms with Crippen LogP contribution in [-0.4, -0.2) is 17.0 Å². The van der Waals surface area contributed by atoms with Crippen molar-refractivity contribution in [2.75, 3.05) is 12.4 Å². The summed E-state index contributed by atoms with van der Waals surface area (Å²) in [5.41, 5.74) is 1.82. The molecule has 94 valence electrons. The van der Waals surface area contributed by atoms with Gasteiger partial charge in [0.2, 0.25) is 0 Å². The van der Waals surface area contributed by atoms with Crippen LogP contribution in [0.1, 0.15) is 11.4 Å². The van der Waals surface area contributed by atoms with Crippen LogP contribution in [0.15, 0.2) is 18.2 Å². The molecule has 0 aliphatic carbocycles. The number of halogens is 2. The Labute approximate surface area is 110 Å². The number of anilines is 1. The van der Waals surface area contributed by atoms with Crippen molar-refractivity contribution in [1.29, 1.82) is 0 Å². The van der Waals surface area contributed by atoms with E-state index in [0.29, 0.717) is 27.9 Å². The van der Waals surface area contributed by atoms with Gasteiger partial charge >= 0.3 is 0 Å². The number of aryl methyl sites for hydroxylation is 1. The molecule has 2 rings (SSSR count). The van der Waals surface area contributed by atoms with Crippen molar-refractivity contribution in [3.63, 3.8) is 0 Å². The summed E-state index contributed by atoms with van der Waals surface area (Å²) in [4.78, 5) is 8.56. The van der Waals surface area contributed by atoms with Gasteiger partial charge in [0.25, 0.3) is 0 Å². The first-order chi connectivity index (χ1) is 8.52. The maximum absolute atomic E-state index is 13.9. The van der Waals surface area contributed by atoms with Gasteiger partial charge in [-0.25, -0.2) is 14.4 Å². The average Bonchev–Trinajstić information content (AvgIpc) is 2.32. The van der Waals surface area contributed by atoms with Gasteiger partial charge in [0.15, 0.2) is 0 Å². The Morgan fingerprint density at radius 3 is 2.56 bits per heavy atom. The largest absolute Gasteiger partial charge is 0.373 e. The van der Waals surface area contributed by atoms with E-state index in [1.54, 1.807) is 26.1 Å². The summed E-state index contributed by atoms with van der Waals surface area (Å²) in [6.45, 7) is 3.63. The molecule has 1 aromatic carbocycles. The molecule has 1 N–H and O–H groups in total. The number of benzene rings is 1. The first-order valence-electron chi connectivity index (χ1n) is 5.51. The number of hydrogen-bond acceptors (Lipinski definition) is 3. The highest BCUT2D eigenvalue weighted by Crippen LogP contribution is 2.29. The Morgan fingerprint density at radius 2 is 1.94 bits per heavy atom. The van der Waals surface area contributed by atoms with Crippen LogP contribution in [0, 0.1) is 19.7 Å². The predicted molar refractivity (Wildman–Crippen MR) is 71.5 cm³/mol. The molecule has 0 radical (unpaired) electrons. The summed E-state index contributed by atoms with van der Waals surface area (Å²) in [7, 11) is 1.77. The van der Waals surface area contributed by atoms with E-state index in [1.165, 1.54) is 6.07 Å². The maximum atomic E-state index is 13.9. The lowest BCUT2D eigenvalue weighted by Crippen LogP contribution is -2.03. The molecular weight excluding hydrogens is 253 g/mol. The van der Waals surface area contributed by atoms with E-state index in [1.807, 2.05) is 6.92 Å². The van der Waals surface area contributed by atoms with Crippen molar-refractivity contribution in [3.8, 4) is 11.3 Å². The molecule has 2 aromatic rings. The molecule has 0 amide bonds. The molecule has 3 nitrogen and oxygen atoms in total. The van der Waals surface area contributed by atoms with E-state index in [9.17, 15) is 4.39 Å². The molecule has 0 aliphatic heterocycles. The lowest BCUT2D eigenvalue weighted by molar-refractivity contribution is 0.630. The quantitative estimate of drug-likeness (QED) is 0.902. The second-order valence-corrected chi connectivity index (χ2v) is 4.40. The molecule has 0 bridgehead atoms. The third kappa shape index (κ3) is 2.29. The highest BCUT2D eigenvalue weighted by Gasteiger charge is 2.14. The topological polar surface area (TPSA) is 37.8 Å². The van der Waals surface area contributed by atoms with Gasteiger partial charge in [-0.1, -0.05) is 11.6 Å². The third-order valence-corrected chi connectivity index (χ3v) is 2.92. The molecule has 0 spiro atoms. The number of rotatable bonds is 2. The molecule has 18 heavy (non-hydrogen) atoms. The first-order valence-corrected chi connectivity index (χ1v) is 5.89. The Bertz CT molecular complexity index is 599. The lowest BCUT2D eigenvalue weighted by atomic mass is 10.1. The molecule has 0 unspecified atom stereocenters. The van der Waals surface area contributed by atoms with Crippen molar-refractivity contribution in [2.24, 2.45) is 0 Å².